The van der Waals surface area contributed by atoms with E-state index < -0.39 is 0 Å². The first kappa shape index (κ1) is 18.4. The van der Waals surface area contributed by atoms with Crippen LogP contribution < -0.4 is 10.6 Å². The lowest BCUT2D eigenvalue weighted by atomic mass is 10.0. The van der Waals surface area contributed by atoms with Gasteiger partial charge in [-0.2, -0.15) is 0 Å². The second-order valence-corrected chi connectivity index (χ2v) is 7.36. The van der Waals surface area contributed by atoms with Gasteiger partial charge in [-0.3, -0.25) is 4.79 Å². The molecule has 1 saturated carbocycles. The Kier molecular flexibility index (Phi) is 6.21. The molecule has 138 valence electrons. The van der Waals surface area contributed by atoms with Crippen LogP contribution in [0.2, 0.25) is 0 Å². The minimum Gasteiger partial charge on any atom is -0.351 e. The van der Waals surface area contributed by atoms with Gasteiger partial charge in [0.15, 0.2) is 0 Å². The summed E-state index contributed by atoms with van der Waals surface area (Å²) in [7, 11) is 0. The molecule has 1 aliphatic carbocycles. The number of aromatic nitrogens is 2. The summed E-state index contributed by atoms with van der Waals surface area (Å²) in [4.78, 5) is 21.0. The zero-order valence-corrected chi connectivity index (χ0v) is 15.7. The first-order chi connectivity index (χ1) is 12.6. The molecule has 0 bridgehead atoms. The van der Waals surface area contributed by atoms with Gasteiger partial charge in [-0.05, 0) is 36.5 Å². The maximum Gasteiger partial charge on any atom is 0.258 e. The van der Waals surface area contributed by atoms with Crippen molar-refractivity contribution in [1.82, 2.24) is 9.97 Å². The van der Waals surface area contributed by atoms with Crippen LogP contribution in [0.4, 0.5) is 11.6 Å². The molecular weight excluding hydrogens is 324 g/mol. The smallest absolute Gasteiger partial charge is 0.258 e. The number of amides is 1. The van der Waals surface area contributed by atoms with E-state index in [2.05, 4.69) is 34.4 Å². The molecular formula is C21H28N4O. The fourth-order valence-corrected chi connectivity index (χ4v) is 3.28. The number of hydrogen-bond donors (Lipinski definition) is 2. The van der Waals surface area contributed by atoms with E-state index >= 15 is 0 Å². The van der Waals surface area contributed by atoms with E-state index in [1.165, 1.54) is 31.2 Å². The lowest BCUT2D eigenvalue weighted by Gasteiger charge is -2.15. The third-order valence-corrected chi connectivity index (χ3v) is 4.94. The van der Waals surface area contributed by atoms with Crippen molar-refractivity contribution in [2.24, 2.45) is 0 Å². The van der Waals surface area contributed by atoms with Crippen LogP contribution in [0.25, 0.3) is 0 Å². The van der Waals surface area contributed by atoms with E-state index in [4.69, 9.17) is 0 Å². The molecule has 1 heterocycles. The van der Waals surface area contributed by atoms with Crippen molar-refractivity contribution in [3.63, 3.8) is 0 Å². The fraction of sp³-hybridized carbons (Fsp3) is 0.476. The van der Waals surface area contributed by atoms with Crippen molar-refractivity contribution in [1.29, 1.82) is 0 Å². The summed E-state index contributed by atoms with van der Waals surface area (Å²) in [6.45, 7) is 4.30. The molecule has 0 atom stereocenters. The summed E-state index contributed by atoms with van der Waals surface area (Å²) in [5.74, 6) is 0.889. The van der Waals surface area contributed by atoms with Gasteiger partial charge in [0.25, 0.3) is 5.91 Å². The van der Waals surface area contributed by atoms with Gasteiger partial charge in [0, 0.05) is 24.1 Å². The molecule has 2 aromatic rings. The third-order valence-electron chi connectivity index (χ3n) is 4.94. The highest BCUT2D eigenvalue weighted by molar-refractivity contribution is 6.03. The Morgan fingerprint density at radius 2 is 1.62 bits per heavy atom. The monoisotopic (exact) mass is 352 g/mol. The Labute approximate surface area is 155 Å². The molecule has 1 aromatic carbocycles. The Bertz CT molecular complexity index is 702. The Hall–Kier alpha value is -2.43. The number of nitrogens with one attached hydrogen (secondary N) is 2. The number of anilines is 2. The highest BCUT2D eigenvalue weighted by atomic mass is 16.1. The number of rotatable bonds is 5. The van der Waals surface area contributed by atoms with Gasteiger partial charge in [0.05, 0.1) is 5.56 Å². The third kappa shape index (κ3) is 5.04. The molecule has 5 nitrogen and oxygen atoms in total. The summed E-state index contributed by atoms with van der Waals surface area (Å²) in [5.41, 5.74) is 2.49. The predicted octanol–water partition coefficient (Wildman–Crippen LogP) is 4.99. The summed E-state index contributed by atoms with van der Waals surface area (Å²) < 4.78 is 0. The van der Waals surface area contributed by atoms with Crippen LogP contribution in [0, 0.1) is 0 Å². The number of carbonyl (C=O) groups excluding carboxylic acids is 1. The summed E-state index contributed by atoms with van der Waals surface area (Å²) in [5, 5.41) is 6.29. The quantitative estimate of drug-likeness (QED) is 0.744. The molecule has 0 unspecified atom stereocenters. The molecule has 3 rings (SSSR count). The second kappa shape index (κ2) is 8.79. The van der Waals surface area contributed by atoms with E-state index in [0.717, 1.165) is 18.5 Å². The summed E-state index contributed by atoms with van der Waals surface area (Å²) in [6, 6.07) is 8.37. The van der Waals surface area contributed by atoms with Gasteiger partial charge in [-0.15, -0.1) is 0 Å². The largest absolute Gasteiger partial charge is 0.351 e. The summed E-state index contributed by atoms with van der Waals surface area (Å²) in [6.07, 6.45) is 10.7. The molecule has 2 N–H and O–H groups in total. The molecule has 1 aliphatic rings. The van der Waals surface area contributed by atoms with Gasteiger partial charge in [0.2, 0.25) is 5.95 Å². The molecule has 26 heavy (non-hydrogen) atoms. The zero-order chi connectivity index (χ0) is 18.4. The van der Waals surface area contributed by atoms with Crippen molar-refractivity contribution in [3.05, 3.63) is 47.8 Å². The highest BCUT2D eigenvalue weighted by Crippen LogP contribution is 2.20. The SMILES string of the molecule is CC(C)c1ccc(NC(=O)c2cnc(NC3CCCCCC3)nc2)cc1. The first-order valence-electron chi connectivity index (χ1n) is 9.62. The Morgan fingerprint density at radius 1 is 1.00 bits per heavy atom. The normalized spacial score (nSPS) is 15.5. The van der Waals surface area contributed by atoms with Gasteiger partial charge < -0.3 is 10.6 Å². The average molecular weight is 352 g/mol. The zero-order valence-electron chi connectivity index (χ0n) is 15.7. The van der Waals surface area contributed by atoms with E-state index in [1.807, 2.05) is 24.3 Å². The maximum atomic E-state index is 12.4. The minimum absolute atomic E-state index is 0.191. The lowest BCUT2D eigenvalue weighted by Crippen LogP contribution is -2.20. The molecule has 1 amide bonds. The van der Waals surface area contributed by atoms with Gasteiger partial charge in [-0.25, -0.2) is 9.97 Å². The molecule has 1 aromatic heterocycles. The van der Waals surface area contributed by atoms with Crippen molar-refractivity contribution < 1.29 is 4.79 Å². The maximum absolute atomic E-state index is 12.4. The lowest BCUT2D eigenvalue weighted by molar-refractivity contribution is 0.102. The van der Waals surface area contributed by atoms with Gasteiger partial charge in [-0.1, -0.05) is 51.7 Å². The Morgan fingerprint density at radius 3 is 2.19 bits per heavy atom. The Balaban J connectivity index is 1.57. The standard InChI is InChI=1S/C21H28N4O/c1-15(2)16-9-11-19(12-10-16)24-20(26)17-13-22-21(23-14-17)25-18-7-5-3-4-6-8-18/h9-15,18H,3-8H2,1-2H3,(H,24,26)(H,22,23,25). The highest BCUT2D eigenvalue weighted by Gasteiger charge is 2.14. The number of benzene rings is 1. The van der Waals surface area contributed by atoms with E-state index in [-0.39, 0.29) is 5.91 Å². The number of carbonyl (C=O) groups is 1. The van der Waals surface area contributed by atoms with Crippen molar-refractivity contribution >= 4 is 17.5 Å². The first-order valence-corrected chi connectivity index (χ1v) is 9.62. The molecule has 0 saturated heterocycles. The molecule has 0 aliphatic heterocycles. The van der Waals surface area contributed by atoms with Crippen LogP contribution in [-0.4, -0.2) is 21.9 Å². The molecule has 1 fully saturated rings. The molecule has 0 spiro atoms. The average Bonchev–Trinajstić information content (AvgIpc) is 2.91. The predicted molar refractivity (Wildman–Crippen MR) is 106 cm³/mol. The topological polar surface area (TPSA) is 66.9 Å². The van der Waals surface area contributed by atoms with Crippen LogP contribution >= 0.6 is 0 Å². The van der Waals surface area contributed by atoms with Crippen molar-refractivity contribution in [2.75, 3.05) is 10.6 Å². The minimum atomic E-state index is -0.191. The number of nitrogens with zero attached hydrogens (tertiary/aromatic N) is 2. The van der Waals surface area contributed by atoms with Crippen LogP contribution in [0.3, 0.4) is 0 Å². The van der Waals surface area contributed by atoms with E-state index in [0.29, 0.717) is 23.5 Å². The fourth-order valence-electron chi connectivity index (χ4n) is 3.28. The van der Waals surface area contributed by atoms with Crippen LogP contribution in [-0.2, 0) is 0 Å². The van der Waals surface area contributed by atoms with Crippen LogP contribution in [0.1, 0.15) is 74.2 Å². The van der Waals surface area contributed by atoms with Crippen molar-refractivity contribution in [2.45, 2.75) is 64.3 Å². The molecule has 0 radical (unpaired) electrons. The van der Waals surface area contributed by atoms with Crippen molar-refractivity contribution in [3.8, 4) is 0 Å². The number of hydrogen-bond acceptors (Lipinski definition) is 4. The van der Waals surface area contributed by atoms with Crippen LogP contribution in [0.15, 0.2) is 36.7 Å². The van der Waals surface area contributed by atoms with Gasteiger partial charge >= 0.3 is 0 Å². The summed E-state index contributed by atoms with van der Waals surface area (Å²) >= 11 is 0. The van der Waals surface area contributed by atoms with E-state index in [1.54, 1.807) is 12.4 Å². The van der Waals surface area contributed by atoms with Crippen LogP contribution in [0.5, 0.6) is 0 Å². The molecule has 5 heteroatoms. The second-order valence-electron chi connectivity index (χ2n) is 7.36. The van der Waals surface area contributed by atoms with E-state index in [9.17, 15) is 4.79 Å². The van der Waals surface area contributed by atoms with Gasteiger partial charge in [0.1, 0.15) is 0 Å².